The predicted molar refractivity (Wildman–Crippen MR) is 104 cm³/mol. The van der Waals surface area contributed by atoms with Crippen LogP contribution in [0.2, 0.25) is 0 Å². The van der Waals surface area contributed by atoms with Gasteiger partial charge in [0.1, 0.15) is 5.75 Å². The number of carbonyl (C=O) groups is 4. The first-order valence-electron chi connectivity index (χ1n) is 8.71. The smallest absolute Gasteiger partial charge is 0.307 e. The highest BCUT2D eigenvalue weighted by Gasteiger charge is 2.29. The van der Waals surface area contributed by atoms with Crippen molar-refractivity contribution < 1.29 is 34.5 Å². The molecule has 1 aliphatic rings. The molecule has 0 aliphatic carbocycles. The normalized spacial score (nSPS) is 12.0. The molecule has 0 saturated carbocycles. The molecule has 0 radical (unpaired) electrons. The summed E-state index contributed by atoms with van der Waals surface area (Å²) in [5.41, 5.74) is 4.55. The molecule has 8 nitrogen and oxygen atoms in total. The summed E-state index contributed by atoms with van der Waals surface area (Å²) in [5, 5.41) is 29.3. The number of aryl methyl sites for hydroxylation is 3. The van der Waals surface area contributed by atoms with Gasteiger partial charge in [0.05, 0.1) is 24.1 Å². The van der Waals surface area contributed by atoms with Gasteiger partial charge in [-0.2, -0.15) is 0 Å². The number of hydrogen-bond acceptors (Lipinski definition) is 5. The maximum atomic E-state index is 11.3. The van der Waals surface area contributed by atoms with E-state index in [4.69, 9.17) is 10.2 Å². The molecule has 0 aromatic heterocycles. The number of phenolic OH excluding ortho intramolecular Hbond substituents is 1. The highest BCUT2D eigenvalue weighted by molar-refractivity contribution is 6.51. The molecule has 4 N–H and O–H groups in total. The highest BCUT2D eigenvalue weighted by atomic mass is 16.4. The minimum absolute atomic E-state index is 0.177. The summed E-state index contributed by atoms with van der Waals surface area (Å²) in [7, 11) is 0. The maximum Gasteiger partial charge on any atom is 0.307 e. The molecule has 1 heterocycles. The first kappa shape index (κ1) is 21.6. The van der Waals surface area contributed by atoms with Gasteiger partial charge in [-0.3, -0.25) is 19.2 Å². The number of rotatable bonds is 4. The second-order valence-electron chi connectivity index (χ2n) is 6.84. The molecule has 0 spiro atoms. The van der Waals surface area contributed by atoms with Crippen LogP contribution < -0.4 is 5.32 Å². The highest BCUT2D eigenvalue weighted by Crippen LogP contribution is 2.27. The third-order valence-corrected chi connectivity index (χ3v) is 4.39. The van der Waals surface area contributed by atoms with Crippen molar-refractivity contribution in [3.8, 4) is 5.75 Å². The minimum atomic E-state index is -1.04. The first-order chi connectivity index (χ1) is 13.5. The summed E-state index contributed by atoms with van der Waals surface area (Å²) in [6.07, 6.45) is -0.466. The summed E-state index contributed by atoms with van der Waals surface area (Å²) in [4.78, 5) is 43.3. The summed E-state index contributed by atoms with van der Waals surface area (Å²) in [6, 6.07) is 6.49. The minimum Gasteiger partial charge on any atom is -0.508 e. The fourth-order valence-corrected chi connectivity index (χ4v) is 3.06. The molecule has 8 heteroatoms. The van der Waals surface area contributed by atoms with E-state index in [1.54, 1.807) is 13.0 Å². The maximum absolute atomic E-state index is 11.3. The van der Waals surface area contributed by atoms with Gasteiger partial charge in [0.15, 0.2) is 0 Å². The standard InChI is InChI=1S/C11H12O5.C10H9NO2/c1-6-2-8(5-11(15)16)9(12)3-7(6)4-10(13)14;1-5-3-6(2)8-7(4-5)9(12)10(13)11-8/h2-3,12H,4-5H2,1H3,(H,13,14)(H,15,16);3-4H,1-2H3,(H,11,12,13). The van der Waals surface area contributed by atoms with Gasteiger partial charge in [-0.15, -0.1) is 0 Å². The zero-order chi connectivity index (χ0) is 21.9. The van der Waals surface area contributed by atoms with E-state index in [1.807, 2.05) is 19.9 Å². The number of fused-ring (bicyclic) bond motifs is 1. The third-order valence-electron chi connectivity index (χ3n) is 4.39. The Hall–Kier alpha value is -3.68. The molecule has 0 atom stereocenters. The van der Waals surface area contributed by atoms with Gasteiger partial charge in [0, 0.05) is 5.56 Å². The zero-order valence-corrected chi connectivity index (χ0v) is 16.2. The number of aliphatic carboxylic acids is 2. The Kier molecular flexibility index (Phi) is 6.38. The number of nitrogens with one attached hydrogen (secondary N) is 1. The molecular weight excluding hydrogens is 378 g/mol. The molecule has 0 fully saturated rings. The van der Waals surface area contributed by atoms with Gasteiger partial charge < -0.3 is 20.6 Å². The second kappa shape index (κ2) is 8.55. The number of benzene rings is 2. The number of carbonyl (C=O) groups excluding carboxylic acids is 2. The monoisotopic (exact) mass is 399 g/mol. The second-order valence-corrected chi connectivity index (χ2v) is 6.84. The molecule has 29 heavy (non-hydrogen) atoms. The van der Waals surface area contributed by atoms with Crippen LogP contribution in [0.4, 0.5) is 5.69 Å². The average Bonchev–Trinajstić information content (AvgIpc) is 2.88. The van der Waals surface area contributed by atoms with E-state index in [9.17, 15) is 24.3 Å². The molecule has 3 rings (SSSR count). The topological polar surface area (TPSA) is 141 Å². The van der Waals surface area contributed by atoms with Crippen LogP contribution in [0.3, 0.4) is 0 Å². The lowest BCUT2D eigenvalue weighted by molar-refractivity contribution is -0.137. The average molecular weight is 399 g/mol. The van der Waals surface area contributed by atoms with Crippen molar-refractivity contribution in [3.05, 3.63) is 57.6 Å². The first-order valence-corrected chi connectivity index (χ1v) is 8.71. The summed E-state index contributed by atoms with van der Waals surface area (Å²) >= 11 is 0. The Bertz CT molecular complexity index is 982. The van der Waals surface area contributed by atoms with Crippen LogP contribution in [0.25, 0.3) is 0 Å². The van der Waals surface area contributed by atoms with E-state index in [1.165, 1.54) is 12.1 Å². The number of hydrogen-bond donors (Lipinski definition) is 4. The molecular formula is C21H21NO7. The molecule has 2 aromatic rings. The van der Waals surface area contributed by atoms with Crippen molar-refractivity contribution >= 4 is 29.3 Å². The van der Waals surface area contributed by atoms with Crippen LogP contribution in [-0.4, -0.2) is 38.9 Å². The van der Waals surface area contributed by atoms with Gasteiger partial charge in [0.2, 0.25) is 0 Å². The Morgan fingerprint density at radius 1 is 0.862 bits per heavy atom. The zero-order valence-electron chi connectivity index (χ0n) is 16.2. The molecule has 1 amide bonds. The predicted octanol–water partition coefficient (Wildman–Crippen LogP) is 2.39. The quantitative estimate of drug-likeness (QED) is 0.579. The lowest BCUT2D eigenvalue weighted by Crippen LogP contribution is -2.12. The number of aromatic hydroxyl groups is 1. The molecule has 0 unspecified atom stereocenters. The molecule has 152 valence electrons. The lowest BCUT2D eigenvalue weighted by atomic mass is 10.00. The van der Waals surface area contributed by atoms with Gasteiger partial charge in [-0.1, -0.05) is 12.1 Å². The number of Topliss-reactive ketones (excluding diaryl/α,β-unsaturated/α-hetero) is 1. The Morgan fingerprint density at radius 3 is 2.03 bits per heavy atom. The van der Waals surface area contributed by atoms with Crippen molar-refractivity contribution in [2.75, 3.05) is 5.32 Å². The summed E-state index contributed by atoms with van der Waals surface area (Å²) < 4.78 is 0. The van der Waals surface area contributed by atoms with E-state index in [2.05, 4.69) is 5.32 Å². The van der Waals surface area contributed by atoms with Crippen molar-refractivity contribution in [2.45, 2.75) is 33.6 Å². The fourth-order valence-electron chi connectivity index (χ4n) is 3.06. The van der Waals surface area contributed by atoms with Crippen LogP contribution in [0.1, 0.15) is 38.2 Å². The Morgan fingerprint density at radius 2 is 1.45 bits per heavy atom. The van der Waals surface area contributed by atoms with E-state index >= 15 is 0 Å². The Labute approximate surface area is 166 Å². The largest absolute Gasteiger partial charge is 0.508 e. The van der Waals surface area contributed by atoms with Gasteiger partial charge >= 0.3 is 11.9 Å². The fraction of sp³-hybridized carbons (Fsp3) is 0.238. The van der Waals surface area contributed by atoms with Crippen LogP contribution in [0.5, 0.6) is 5.75 Å². The van der Waals surface area contributed by atoms with Crippen molar-refractivity contribution in [1.29, 1.82) is 0 Å². The lowest BCUT2D eigenvalue weighted by Gasteiger charge is -2.08. The SMILES string of the molecule is Cc1cc(C)c2c(c1)C(=O)C(=O)N2.Cc1cc(CC(=O)O)c(O)cc1CC(=O)O. The van der Waals surface area contributed by atoms with Crippen LogP contribution >= 0.6 is 0 Å². The molecule has 1 aliphatic heterocycles. The van der Waals surface area contributed by atoms with Crippen LogP contribution in [-0.2, 0) is 27.2 Å². The number of anilines is 1. The van der Waals surface area contributed by atoms with Crippen molar-refractivity contribution in [1.82, 2.24) is 0 Å². The van der Waals surface area contributed by atoms with Gasteiger partial charge in [-0.05, 0) is 55.2 Å². The summed E-state index contributed by atoms with van der Waals surface area (Å²) in [5.74, 6) is -3.16. The third kappa shape index (κ3) is 5.19. The summed E-state index contributed by atoms with van der Waals surface area (Å²) in [6.45, 7) is 5.47. The number of phenols is 1. The van der Waals surface area contributed by atoms with E-state index in [-0.39, 0.29) is 18.6 Å². The Balaban J connectivity index is 0.000000211. The molecule has 0 saturated heterocycles. The number of ketones is 1. The van der Waals surface area contributed by atoms with E-state index in [0.717, 1.165) is 11.1 Å². The van der Waals surface area contributed by atoms with E-state index in [0.29, 0.717) is 27.9 Å². The van der Waals surface area contributed by atoms with Crippen LogP contribution in [0.15, 0.2) is 24.3 Å². The van der Waals surface area contributed by atoms with E-state index < -0.39 is 23.6 Å². The number of carboxylic acid groups (broad SMARTS) is 2. The van der Waals surface area contributed by atoms with Crippen molar-refractivity contribution in [2.24, 2.45) is 0 Å². The van der Waals surface area contributed by atoms with Crippen LogP contribution in [0, 0.1) is 20.8 Å². The van der Waals surface area contributed by atoms with Gasteiger partial charge in [0.25, 0.3) is 11.7 Å². The molecule has 0 bridgehead atoms. The van der Waals surface area contributed by atoms with Gasteiger partial charge in [-0.25, -0.2) is 0 Å². The van der Waals surface area contributed by atoms with Crippen molar-refractivity contribution in [3.63, 3.8) is 0 Å². The molecule has 2 aromatic carbocycles. The number of amides is 1. The number of carboxylic acids is 2.